The Morgan fingerprint density at radius 2 is 1.79 bits per heavy atom. The fourth-order valence-electron chi connectivity index (χ4n) is 3.18. The summed E-state index contributed by atoms with van der Waals surface area (Å²) in [5.74, 6) is 0.511. The summed E-state index contributed by atoms with van der Waals surface area (Å²) in [6, 6.07) is 15.4. The molecule has 0 aliphatic heterocycles. The molecule has 1 aromatic heterocycles. The molecule has 146 valence electrons. The predicted molar refractivity (Wildman–Crippen MR) is 114 cm³/mol. The van der Waals surface area contributed by atoms with E-state index < -0.39 is 0 Å². The molecule has 0 saturated heterocycles. The molecule has 3 aromatic rings. The molecule has 28 heavy (non-hydrogen) atoms. The maximum Gasteiger partial charge on any atom is 0.261 e. The van der Waals surface area contributed by atoms with Crippen LogP contribution in [-0.2, 0) is 11.3 Å². The van der Waals surface area contributed by atoms with Crippen molar-refractivity contribution in [3.63, 3.8) is 0 Å². The van der Waals surface area contributed by atoms with Crippen molar-refractivity contribution in [3.8, 4) is 0 Å². The fraction of sp³-hybridized carbons (Fsp3) is 0.348. The van der Waals surface area contributed by atoms with E-state index in [0.717, 1.165) is 30.5 Å². The van der Waals surface area contributed by atoms with E-state index >= 15 is 0 Å². The largest absolute Gasteiger partial charge is 0.326 e. The number of anilines is 1. The molecule has 3 rings (SSSR count). The first kappa shape index (κ1) is 19.8. The van der Waals surface area contributed by atoms with Gasteiger partial charge in [0.05, 0.1) is 17.2 Å². The van der Waals surface area contributed by atoms with Crippen molar-refractivity contribution in [2.75, 3.05) is 5.32 Å². The second kappa shape index (κ2) is 9.31. The topological polar surface area (TPSA) is 64.0 Å². The smallest absolute Gasteiger partial charge is 0.261 e. The number of benzene rings is 2. The third-order valence-electron chi connectivity index (χ3n) is 4.90. The summed E-state index contributed by atoms with van der Waals surface area (Å²) in [4.78, 5) is 28.8. The van der Waals surface area contributed by atoms with Gasteiger partial charge in [0.15, 0.2) is 0 Å². The average molecular weight is 377 g/mol. The first-order valence-corrected chi connectivity index (χ1v) is 9.88. The minimum absolute atomic E-state index is 0.00631. The Balaban J connectivity index is 1.41. The molecule has 0 atom stereocenters. The Morgan fingerprint density at radius 1 is 1.04 bits per heavy atom. The lowest BCUT2D eigenvalue weighted by Crippen LogP contribution is -2.20. The number of fused-ring (bicyclic) bond motifs is 1. The van der Waals surface area contributed by atoms with Crippen molar-refractivity contribution >= 4 is 22.5 Å². The molecular formula is C23H27N3O2. The van der Waals surface area contributed by atoms with Gasteiger partial charge in [-0.2, -0.15) is 0 Å². The summed E-state index contributed by atoms with van der Waals surface area (Å²) in [5.41, 5.74) is 2.81. The number of unbranched alkanes of at least 4 members (excludes halogenated alkanes) is 2. The fourth-order valence-corrected chi connectivity index (χ4v) is 3.18. The van der Waals surface area contributed by atoms with Gasteiger partial charge in [-0.05, 0) is 48.6 Å². The zero-order valence-electron chi connectivity index (χ0n) is 16.5. The quantitative estimate of drug-likeness (QED) is 0.578. The van der Waals surface area contributed by atoms with Crippen LogP contribution in [0.5, 0.6) is 0 Å². The summed E-state index contributed by atoms with van der Waals surface area (Å²) in [6.07, 6.45) is 4.62. The summed E-state index contributed by atoms with van der Waals surface area (Å²) < 4.78 is 1.65. The van der Waals surface area contributed by atoms with Gasteiger partial charge in [-0.3, -0.25) is 14.2 Å². The van der Waals surface area contributed by atoms with Gasteiger partial charge in [-0.15, -0.1) is 0 Å². The second-order valence-corrected chi connectivity index (χ2v) is 7.40. The first-order chi connectivity index (χ1) is 13.5. The van der Waals surface area contributed by atoms with Gasteiger partial charge in [0.25, 0.3) is 5.56 Å². The Morgan fingerprint density at radius 3 is 2.54 bits per heavy atom. The van der Waals surface area contributed by atoms with Gasteiger partial charge >= 0.3 is 0 Å². The molecule has 2 aromatic carbocycles. The Labute approximate surface area is 165 Å². The van der Waals surface area contributed by atoms with Gasteiger partial charge in [0, 0.05) is 18.7 Å². The normalized spacial score (nSPS) is 11.1. The number of hydrogen-bond donors (Lipinski definition) is 1. The highest BCUT2D eigenvalue weighted by molar-refractivity contribution is 5.90. The summed E-state index contributed by atoms with van der Waals surface area (Å²) in [5, 5.41) is 3.59. The number of rotatable bonds is 8. The van der Waals surface area contributed by atoms with Gasteiger partial charge in [0.2, 0.25) is 5.91 Å². The number of carbonyl (C=O) groups excluding carboxylic acids is 1. The molecule has 0 unspecified atom stereocenters. The molecule has 1 N–H and O–H groups in total. The standard InChI is InChI=1S/C23H27N3O2/c1-17(2)18-11-13-19(14-12-18)25-22(27)10-4-3-7-15-26-16-24-21-9-6-5-8-20(21)23(26)28/h5-6,8-9,11-14,16-17H,3-4,7,10,15H2,1-2H3,(H,25,27). The molecule has 0 aliphatic carbocycles. The van der Waals surface area contributed by atoms with Crippen molar-refractivity contribution < 1.29 is 4.79 Å². The van der Waals surface area contributed by atoms with Crippen LogP contribution < -0.4 is 10.9 Å². The zero-order valence-corrected chi connectivity index (χ0v) is 16.5. The maximum atomic E-state index is 12.4. The molecule has 1 amide bonds. The number of carbonyl (C=O) groups is 1. The molecule has 5 heteroatoms. The van der Waals surface area contributed by atoms with Gasteiger partial charge in [-0.1, -0.05) is 44.5 Å². The predicted octanol–water partition coefficient (Wildman–Crippen LogP) is 4.72. The van der Waals surface area contributed by atoms with Crippen LogP contribution in [0.4, 0.5) is 5.69 Å². The van der Waals surface area contributed by atoms with E-state index in [0.29, 0.717) is 24.3 Å². The van der Waals surface area contributed by atoms with Crippen molar-refractivity contribution in [1.29, 1.82) is 0 Å². The van der Waals surface area contributed by atoms with Crippen molar-refractivity contribution in [2.45, 2.75) is 52.0 Å². The number of aromatic nitrogens is 2. The van der Waals surface area contributed by atoms with E-state index in [1.807, 2.05) is 30.3 Å². The summed E-state index contributed by atoms with van der Waals surface area (Å²) in [6.45, 7) is 4.92. The third-order valence-corrected chi connectivity index (χ3v) is 4.90. The molecule has 0 fully saturated rings. The van der Waals surface area contributed by atoms with E-state index in [-0.39, 0.29) is 11.5 Å². The summed E-state index contributed by atoms with van der Waals surface area (Å²) in [7, 11) is 0. The SMILES string of the molecule is CC(C)c1ccc(NC(=O)CCCCCn2cnc3ccccc3c2=O)cc1. The van der Waals surface area contributed by atoms with Crippen LogP contribution in [0.1, 0.15) is 51.0 Å². The van der Waals surface area contributed by atoms with E-state index in [1.165, 1.54) is 5.56 Å². The van der Waals surface area contributed by atoms with Crippen LogP contribution in [-0.4, -0.2) is 15.5 Å². The van der Waals surface area contributed by atoms with E-state index in [9.17, 15) is 9.59 Å². The highest BCUT2D eigenvalue weighted by atomic mass is 16.1. The number of nitrogens with zero attached hydrogens (tertiary/aromatic N) is 2. The van der Waals surface area contributed by atoms with Crippen LogP contribution in [0.15, 0.2) is 59.7 Å². The van der Waals surface area contributed by atoms with Crippen molar-refractivity contribution in [2.24, 2.45) is 0 Å². The highest BCUT2D eigenvalue weighted by Crippen LogP contribution is 2.17. The van der Waals surface area contributed by atoms with Crippen molar-refractivity contribution in [3.05, 3.63) is 70.8 Å². The lowest BCUT2D eigenvalue weighted by atomic mass is 10.0. The Bertz CT molecular complexity index is 991. The van der Waals surface area contributed by atoms with Crippen LogP contribution >= 0.6 is 0 Å². The van der Waals surface area contributed by atoms with E-state index in [4.69, 9.17) is 0 Å². The first-order valence-electron chi connectivity index (χ1n) is 9.88. The van der Waals surface area contributed by atoms with Crippen LogP contribution in [0.3, 0.4) is 0 Å². The van der Waals surface area contributed by atoms with Crippen LogP contribution in [0.25, 0.3) is 10.9 Å². The molecule has 5 nitrogen and oxygen atoms in total. The molecule has 0 aliphatic rings. The lowest BCUT2D eigenvalue weighted by molar-refractivity contribution is -0.116. The van der Waals surface area contributed by atoms with E-state index in [2.05, 4.69) is 36.3 Å². The maximum absolute atomic E-state index is 12.4. The third kappa shape index (κ3) is 5.06. The second-order valence-electron chi connectivity index (χ2n) is 7.40. The van der Waals surface area contributed by atoms with Gasteiger partial charge in [0.1, 0.15) is 0 Å². The van der Waals surface area contributed by atoms with Gasteiger partial charge in [-0.25, -0.2) is 4.98 Å². The Hall–Kier alpha value is -2.95. The van der Waals surface area contributed by atoms with Gasteiger partial charge < -0.3 is 5.32 Å². The van der Waals surface area contributed by atoms with Crippen LogP contribution in [0, 0.1) is 0 Å². The van der Waals surface area contributed by atoms with E-state index in [1.54, 1.807) is 17.0 Å². The molecule has 0 radical (unpaired) electrons. The van der Waals surface area contributed by atoms with Crippen LogP contribution in [0.2, 0.25) is 0 Å². The highest BCUT2D eigenvalue weighted by Gasteiger charge is 2.05. The number of aryl methyl sites for hydroxylation is 1. The summed E-state index contributed by atoms with van der Waals surface area (Å²) >= 11 is 0. The minimum atomic E-state index is -0.00631. The molecule has 0 saturated carbocycles. The molecule has 1 heterocycles. The number of para-hydroxylation sites is 1. The van der Waals surface area contributed by atoms with Crippen molar-refractivity contribution in [1.82, 2.24) is 9.55 Å². The minimum Gasteiger partial charge on any atom is -0.326 e. The Kier molecular flexibility index (Phi) is 6.58. The number of nitrogens with one attached hydrogen (secondary N) is 1. The monoisotopic (exact) mass is 377 g/mol. The number of amides is 1. The zero-order chi connectivity index (χ0) is 19.9. The number of hydrogen-bond acceptors (Lipinski definition) is 3. The molecule has 0 bridgehead atoms. The molecular weight excluding hydrogens is 350 g/mol. The average Bonchev–Trinajstić information content (AvgIpc) is 2.70. The molecule has 0 spiro atoms. The lowest BCUT2D eigenvalue weighted by Gasteiger charge is -2.09.